The van der Waals surface area contributed by atoms with Crippen molar-refractivity contribution in [2.45, 2.75) is 32.7 Å². The molecule has 0 aliphatic rings. The monoisotopic (exact) mass is 346 g/mol. The van der Waals surface area contributed by atoms with Gasteiger partial charge in [0.15, 0.2) is 0 Å². The fourth-order valence-electron chi connectivity index (χ4n) is 1.93. The zero-order valence-electron chi connectivity index (χ0n) is 13.0. The number of rotatable bonds is 9. The minimum atomic E-state index is -3.50. The molecular formula is C15H23ClN2O3S. The van der Waals surface area contributed by atoms with E-state index in [2.05, 4.69) is 12.2 Å². The van der Waals surface area contributed by atoms with E-state index in [1.54, 1.807) is 24.3 Å². The van der Waals surface area contributed by atoms with E-state index in [4.69, 9.17) is 11.6 Å². The SMILES string of the molecule is CCCCCNC(=O)CN(Cc1ccccc1Cl)S(C)(=O)=O. The van der Waals surface area contributed by atoms with Gasteiger partial charge >= 0.3 is 0 Å². The average molecular weight is 347 g/mol. The fraction of sp³-hybridized carbons (Fsp3) is 0.533. The standard InChI is InChI=1S/C15H23ClN2O3S/c1-3-4-7-10-17-15(19)12-18(22(2,20)21)11-13-8-5-6-9-14(13)16/h5-6,8-9H,3-4,7,10-12H2,1-2H3,(H,17,19). The summed E-state index contributed by atoms with van der Waals surface area (Å²) in [5.74, 6) is -0.298. The zero-order chi connectivity index (χ0) is 16.6. The highest BCUT2D eigenvalue weighted by atomic mass is 35.5. The van der Waals surface area contributed by atoms with Crippen LogP contribution in [0.5, 0.6) is 0 Å². The highest BCUT2D eigenvalue weighted by Gasteiger charge is 2.21. The topological polar surface area (TPSA) is 66.5 Å². The number of nitrogens with one attached hydrogen (secondary N) is 1. The molecule has 5 nitrogen and oxygen atoms in total. The number of sulfonamides is 1. The summed E-state index contributed by atoms with van der Waals surface area (Å²) in [6.07, 6.45) is 4.09. The first-order chi connectivity index (χ1) is 10.3. The van der Waals surface area contributed by atoms with Gasteiger partial charge in [0.2, 0.25) is 15.9 Å². The number of halogens is 1. The Morgan fingerprint density at radius 1 is 1.27 bits per heavy atom. The molecule has 0 aliphatic heterocycles. The lowest BCUT2D eigenvalue weighted by Crippen LogP contribution is -2.40. The largest absolute Gasteiger partial charge is 0.355 e. The van der Waals surface area contributed by atoms with E-state index >= 15 is 0 Å². The van der Waals surface area contributed by atoms with Gasteiger partial charge in [-0.2, -0.15) is 4.31 Å². The van der Waals surface area contributed by atoms with Crippen molar-refractivity contribution < 1.29 is 13.2 Å². The summed E-state index contributed by atoms with van der Waals surface area (Å²) >= 11 is 6.05. The smallest absolute Gasteiger partial charge is 0.235 e. The Bertz CT molecular complexity index is 590. The Labute approximate surface area is 137 Å². The summed E-state index contributed by atoms with van der Waals surface area (Å²) in [5, 5.41) is 3.23. The molecule has 0 bridgehead atoms. The second kappa shape index (κ2) is 9.12. The first kappa shape index (κ1) is 18.9. The Hall–Kier alpha value is -1.11. The lowest BCUT2D eigenvalue weighted by atomic mass is 10.2. The molecule has 7 heteroatoms. The van der Waals surface area contributed by atoms with Crippen molar-refractivity contribution in [3.63, 3.8) is 0 Å². The fourth-order valence-corrected chi connectivity index (χ4v) is 2.85. The molecule has 0 saturated heterocycles. The van der Waals surface area contributed by atoms with Gasteiger partial charge in [0.1, 0.15) is 0 Å². The van der Waals surface area contributed by atoms with Gasteiger partial charge in [-0.25, -0.2) is 8.42 Å². The van der Waals surface area contributed by atoms with Gasteiger partial charge in [-0.1, -0.05) is 49.6 Å². The quantitative estimate of drug-likeness (QED) is 0.698. The minimum absolute atomic E-state index is 0.0842. The maximum absolute atomic E-state index is 11.9. The minimum Gasteiger partial charge on any atom is -0.355 e. The molecule has 0 saturated carbocycles. The van der Waals surface area contributed by atoms with Crippen LogP contribution < -0.4 is 5.32 Å². The van der Waals surface area contributed by atoms with Crippen LogP contribution in [0.1, 0.15) is 31.7 Å². The number of carbonyl (C=O) groups excluding carboxylic acids is 1. The first-order valence-electron chi connectivity index (χ1n) is 7.29. The Balaban J connectivity index is 2.66. The van der Waals surface area contributed by atoms with Gasteiger partial charge in [-0.15, -0.1) is 0 Å². The van der Waals surface area contributed by atoms with Crippen molar-refractivity contribution >= 4 is 27.5 Å². The van der Waals surface area contributed by atoms with Gasteiger partial charge in [0.25, 0.3) is 0 Å². The number of benzene rings is 1. The van der Waals surface area contributed by atoms with Gasteiger partial charge in [-0.3, -0.25) is 4.79 Å². The Morgan fingerprint density at radius 3 is 2.55 bits per heavy atom. The van der Waals surface area contributed by atoms with Crippen molar-refractivity contribution in [1.29, 1.82) is 0 Å². The van der Waals surface area contributed by atoms with Crippen LogP contribution in [0, 0.1) is 0 Å². The van der Waals surface area contributed by atoms with Crippen molar-refractivity contribution in [1.82, 2.24) is 9.62 Å². The summed E-state index contributed by atoms with van der Waals surface area (Å²) in [5.41, 5.74) is 0.674. The molecule has 0 heterocycles. The van der Waals surface area contributed by atoms with Crippen LogP contribution >= 0.6 is 11.6 Å². The van der Waals surface area contributed by atoms with Crippen LogP contribution in [0.2, 0.25) is 5.02 Å². The summed E-state index contributed by atoms with van der Waals surface area (Å²) in [4.78, 5) is 11.9. The summed E-state index contributed by atoms with van der Waals surface area (Å²) in [7, 11) is -3.50. The molecule has 1 N–H and O–H groups in total. The normalized spacial score (nSPS) is 11.6. The average Bonchev–Trinajstić information content (AvgIpc) is 2.44. The van der Waals surface area contributed by atoms with E-state index < -0.39 is 10.0 Å². The van der Waals surface area contributed by atoms with Crippen LogP contribution in [0.4, 0.5) is 0 Å². The molecule has 0 aromatic heterocycles. The van der Waals surface area contributed by atoms with Crippen LogP contribution in [-0.2, 0) is 21.4 Å². The lowest BCUT2D eigenvalue weighted by Gasteiger charge is -2.20. The highest BCUT2D eigenvalue weighted by molar-refractivity contribution is 7.88. The van der Waals surface area contributed by atoms with E-state index in [0.29, 0.717) is 17.1 Å². The predicted molar refractivity (Wildman–Crippen MR) is 89.2 cm³/mol. The maximum atomic E-state index is 11.9. The molecule has 1 aromatic carbocycles. The van der Waals surface area contributed by atoms with Gasteiger partial charge in [0, 0.05) is 18.1 Å². The molecule has 0 aliphatic carbocycles. The third kappa shape index (κ3) is 6.77. The van der Waals surface area contributed by atoms with E-state index in [1.165, 1.54) is 0 Å². The molecule has 0 fully saturated rings. The van der Waals surface area contributed by atoms with Gasteiger partial charge in [0.05, 0.1) is 12.8 Å². The van der Waals surface area contributed by atoms with Gasteiger partial charge in [-0.05, 0) is 18.1 Å². The number of carbonyl (C=O) groups is 1. The molecule has 22 heavy (non-hydrogen) atoms. The number of unbranched alkanes of at least 4 members (excludes halogenated alkanes) is 2. The van der Waals surface area contributed by atoms with E-state index in [9.17, 15) is 13.2 Å². The summed E-state index contributed by atoms with van der Waals surface area (Å²) in [6, 6.07) is 7.01. The lowest BCUT2D eigenvalue weighted by molar-refractivity contribution is -0.121. The molecule has 1 rings (SSSR count). The zero-order valence-corrected chi connectivity index (χ0v) is 14.6. The summed E-state index contributed by atoms with van der Waals surface area (Å²) < 4.78 is 24.9. The number of nitrogens with zero attached hydrogens (tertiary/aromatic N) is 1. The van der Waals surface area contributed by atoms with Crippen LogP contribution in [-0.4, -0.2) is 38.0 Å². The maximum Gasteiger partial charge on any atom is 0.235 e. The Kier molecular flexibility index (Phi) is 7.85. The van der Waals surface area contributed by atoms with Crippen LogP contribution in [0.3, 0.4) is 0 Å². The van der Waals surface area contributed by atoms with Crippen molar-refractivity contribution in [2.75, 3.05) is 19.3 Å². The summed E-state index contributed by atoms with van der Waals surface area (Å²) in [6.45, 7) is 2.53. The van der Waals surface area contributed by atoms with Gasteiger partial charge < -0.3 is 5.32 Å². The number of hydrogen-bond donors (Lipinski definition) is 1. The molecule has 0 atom stereocenters. The molecule has 0 unspecified atom stereocenters. The number of amides is 1. The number of hydrogen-bond acceptors (Lipinski definition) is 3. The second-order valence-corrected chi connectivity index (χ2v) is 7.57. The second-order valence-electron chi connectivity index (χ2n) is 5.18. The molecule has 1 amide bonds. The molecule has 124 valence electrons. The van der Waals surface area contributed by atoms with E-state index in [-0.39, 0.29) is 19.0 Å². The predicted octanol–water partition coefficient (Wildman–Crippen LogP) is 2.41. The van der Waals surface area contributed by atoms with Crippen LogP contribution in [0.25, 0.3) is 0 Å². The van der Waals surface area contributed by atoms with Crippen LogP contribution in [0.15, 0.2) is 24.3 Å². The van der Waals surface area contributed by atoms with Crippen molar-refractivity contribution in [3.05, 3.63) is 34.9 Å². The molecule has 0 radical (unpaired) electrons. The van der Waals surface area contributed by atoms with Crippen molar-refractivity contribution in [3.8, 4) is 0 Å². The molecule has 1 aromatic rings. The molecular weight excluding hydrogens is 324 g/mol. The highest BCUT2D eigenvalue weighted by Crippen LogP contribution is 2.18. The van der Waals surface area contributed by atoms with E-state index in [0.717, 1.165) is 29.8 Å². The van der Waals surface area contributed by atoms with Crippen molar-refractivity contribution in [2.24, 2.45) is 0 Å². The third-order valence-electron chi connectivity index (χ3n) is 3.20. The first-order valence-corrected chi connectivity index (χ1v) is 9.52. The third-order valence-corrected chi connectivity index (χ3v) is 4.76. The molecule has 0 spiro atoms. The Morgan fingerprint density at radius 2 is 1.95 bits per heavy atom. The van der Waals surface area contributed by atoms with E-state index in [1.807, 2.05) is 0 Å².